The number of hydrazone groups is 1. The Kier molecular flexibility index (Phi) is 4.74. The number of amides is 1. The molecule has 8 heteroatoms. The largest absolute Gasteiger partial charge is 0.274 e. The van der Waals surface area contributed by atoms with Gasteiger partial charge in [-0.2, -0.15) is 10.4 Å². The Labute approximate surface area is 129 Å². The molecule has 0 spiro atoms. The van der Waals surface area contributed by atoms with Crippen molar-refractivity contribution in [2.24, 2.45) is 5.10 Å². The highest BCUT2D eigenvalue weighted by molar-refractivity contribution is 5.95. The zero-order valence-corrected chi connectivity index (χ0v) is 11.6. The average Bonchev–Trinajstić information content (AvgIpc) is 2.54. The molecule has 2 aromatic rings. The molecule has 0 heterocycles. The van der Waals surface area contributed by atoms with E-state index in [0.29, 0.717) is 5.56 Å². The van der Waals surface area contributed by atoms with Gasteiger partial charge in [-0.15, -0.1) is 0 Å². The third-order valence-corrected chi connectivity index (χ3v) is 2.80. The fourth-order valence-corrected chi connectivity index (χ4v) is 1.71. The van der Waals surface area contributed by atoms with Gasteiger partial charge in [0, 0.05) is 17.7 Å². The maximum absolute atomic E-state index is 13.6. The zero-order valence-electron chi connectivity index (χ0n) is 11.6. The first kappa shape index (κ1) is 15.8. The monoisotopic (exact) mass is 312 g/mol. The summed E-state index contributed by atoms with van der Waals surface area (Å²) in [6.45, 7) is 0. The number of nitro groups is 1. The van der Waals surface area contributed by atoms with Crippen LogP contribution in [0.5, 0.6) is 0 Å². The average molecular weight is 312 g/mol. The Bertz CT molecular complexity index is 843. The van der Waals surface area contributed by atoms with E-state index in [-0.39, 0.29) is 16.8 Å². The Balaban J connectivity index is 2.08. The van der Waals surface area contributed by atoms with Crippen molar-refractivity contribution < 1.29 is 14.1 Å². The molecule has 114 valence electrons. The van der Waals surface area contributed by atoms with Gasteiger partial charge in [0.05, 0.1) is 28.3 Å². The predicted octanol–water partition coefficient (Wildman–Crippen LogP) is 2.37. The van der Waals surface area contributed by atoms with Gasteiger partial charge in [0.15, 0.2) is 0 Å². The summed E-state index contributed by atoms with van der Waals surface area (Å²) in [7, 11) is 0. The number of carbonyl (C=O) groups is 1. The smallest absolute Gasteiger partial charge is 0.267 e. The van der Waals surface area contributed by atoms with Crippen molar-refractivity contribution in [3.8, 4) is 6.07 Å². The molecule has 2 rings (SSSR count). The zero-order chi connectivity index (χ0) is 16.8. The van der Waals surface area contributed by atoms with Gasteiger partial charge in [-0.25, -0.2) is 9.82 Å². The highest BCUT2D eigenvalue weighted by Gasteiger charge is 2.11. The molecule has 2 aromatic carbocycles. The summed E-state index contributed by atoms with van der Waals surface area (Å²) in [5, 5.41) is 22.9. The van der Waals surface area contributed by atoms with Crippen molar-refractivity contribution in [2.45, 2.75) is 0 Å². The van der Waals surface area contributed by atoms with E-state index < -0.39 is 16.6 Å². The normalized spacial score (nSPS) is 10.3. The highest BCUT2D eigenvalue weighted by Crippen LogP contribution is 2.12. The Hall–Kier alpha value is -3.60. The highest BCUT2D eigenvalue weighted by atomic mass is 19.1. The van der Waals surface area contributed by atoms with E-state index in [4.69, 9.17) is 5.26 Å². The predicted molar refractivity (Wildman–Crippen MR) is 79.3 cm³/mol. The molecule has 0 aromatic heterocycles. The third kappa shape index (κ3) is 3.95. The van der Waals surface area contributed by atoms with Gasteiger partial charge in [-0.1, -0.05) is 12.1 Å². The van der Waals surface area contributed by atoms with Crippen LogP contribution >= 0.6 is 0 Å². The van der Waals surface area contributed by atoms with Crippen molar-refractivity contribution in [2.75, 3.05) is 0 Å². The number of non-ortho nitro benzene ring substituents is 1. The second kappa shape index (κ2) is 6.91. The fourth-order valence-electron chi connectivity index (χ4n) is 1.71. The van der Waals surface area contributed by atoms with E-state index in [1.54, 1.807) is 12.1 Å². The summed E-state index contributed by atoms with van der Waals surface area (Å²) in [6.07, 6.45) is 1.20. The summed E-state index contributed by atoms with van der Waals surface area (Å²) in [5.41, 5.74) is 2.23. The summed E-state index contributed by atoms with van der Waals surface area (Å²) in [6, 6.07) is 10.8. The summed E-state index contributed by atoms with van der Waals surface area (Å²) in [5.74, 6) is -1.64. The van der Waals surface area contributed by atoms with E-state index in [1.807, 2.05) is 0 Å². The Morgan fingerprint density at radius 3 is 2.78 bits per heavy atom. The minimum Gasteiger partial charge on any atom is -0.267 e. The molecule has 0 aliphatic carbocycles. The number of carbonyl (C=O) groups excluding carboxylic acids is 1. The van der Waals surface area contributed by atoms with Crippen molar-refractivity contribution in [1.29, 1.82) is 5.26 Å². The second-order valence-corrected chi connectivity index (χ2v) is 4.36. The number of halogens is 1. The Morgan fingerprint density at radius 2 is 2.13 bits per heavy atom. The molecule has 1 N–H and O–H groups in total. The van der Waals surface area contributed by atoms with Gasteiger partial charge in [0.2, 0.25) is 0 Å². The van der Waals surface area contributed by atoms with Crippen LogP contribution in [0.15, 0.2) is 47.6 Å². The van der Waals surface area contributed by atoms with Gasteiger partial charge in [-0.05, 0) is 18.2 Å². The molecule has 23 heavy (non-hydrogen) atoms. The topological polar surface area (TPSA) is 108 Å². The van der Waals surface area contributed by atoms with Crippen LogP contribution in [0.3, 0.4) is 0 Å². The first-order valence-corrected chi connectivity index (χ1v) is 6.29. The SMILES string of the molecule is N#Cc1ccc(C(=O)N/N=C/c2cccc([N+](=O)[O-])c2)c(F)c1. The summed E-state index contributed by atoms with van der Waals surface area (Å²) < 4.78 is 13.6. The number of nitro benzene ring substituents is 1. The van der Waals surface area contributed by atoms with Gasteiger partial charge in [0.1, 0.15) is 5.82 Å². The molecule has 0 unspecified atom stereocenters. The summed E-state index contributed by atoms with van der Waals surface area (Å²) >= 11 is 0. The van der Waals surface area contributed by atoms with Gasteiger partial charge in [0.25, 0.3) is 11.6 Å². The van der Waals surface area contributed by atoms with E-state index in [9.17, 15) is 19.3 Å². The third-order valence-electron chi connectivity index (χ3n) is 2.80. The van der Waals surface area contributed by atoms with Crippen molar-refractivity contribution in [1.82, 2.24) is 5.43 Å². The van der Waals surface area contributed by atoms with Crippen molar-refractivity contribution >= 4 is 17.8 Å². The molecule has 0 radical (unpaired) electrons. The Morgan fingerprint density at radius 1 is 1.35 bits per heavy atom. The molecule has 0 aliphatic rings. The molecule has 7 nitrogen and oxygen atoms in total. The lowest BCUT2D eigenvalue weighted by Crippen LogP contribution is -2.19. The maximum atomic E-state index is 13.6. The molecule has 1 amide bonds. The number of benzene rings is 2. The lowest BCUT2D eigenvalue weighted by Gasteiger charge is -2.01. The lowest BCUT2D eigenvalue weighted by atomic mass is 10.1. The minimum absolute atomic E-state index is 0.0964. The molecule has 0 bridgehead atoms. The number of hydrogen-bond donors (Lipinski definition) is 1. The fraction of sp³-hybridized carbons (Fsp3) is 0. The molecular formula is C15H9FN4O3. The van der Waals surface area contributed by atoms with Crippen LogP contribution in [0, 0.1) is 27.3 Å². The number of nitriles is 1. The van der Waals surface area contributed by atoms with Crippen LogP contribution < -0.4 is 5.43 Å². The van der Waals surface area contributed by atoms with Crippen molar-refractivity contribution in [3.63, 3.8) is 0 Å². The van der Waals surface area contributed by atoms with E-state index in [0.717, 1.165) is 6.07 Å². The number of hydrogen-bond acceptors (Lipinski definition) is 5. The van der Waals surface area contributed by atoms with Gasteiger partial charge >= 0.3 is 0 Å². The van der Waals surface area contributed by atoms with Crippen LogP contribution in [-0.2, 0) is 0 Å². The van der Waals surface area contributed by atoms with Crippen LogP contribution in [0.25, 0.3) is 0 Å². The standard InChI is InChI=1S/C15H9FN4O3/c16-14-7-10(8-17)4-5-13(14)15(21)19-18-9-11-2-1-3-12(6-11)20(22)23/h1-7,9H,(H,19,21)/b18-9+. The molecule has 0 fully saturated rings. The van der Waals surface area contributed by atoms with Crippen LogP contribution in [0.4, 0.5) is 10.1 Å². The molecule has 0 saturated heterocycles. The molecule has 0 aliphatic heterocycles. The van der Waals surface area contributed by atoms with E-state index >= 15 is 0 Å². The first-order valence-electron chi connectivity index (χ1n) is 6.29. The molecular weight excluding hydrogens is 303 g/mol. The molecule has 0 saturated carbocycles. The number of nitrogens with one attached hydrogen (secondary N) is 1. The van der Waals surface area contributed by atoms with Crippen LogP contribution in [0.1, 0.15) is 21.5 Å². The van der Waals surface area contributed by atoms with Gasteiger partial charge < -0.3 is 0 Å². The minimum atomic E-state index is -0.841. The second-order valence-electron chi connectivity index (χ2n) is 4.36. The maximum Gasteiger partial charge on any atom is 0.274 e. The summed E-state index contributed by atoms with van der Waals surface area (Å²) in [4.78, 5) is 21.9. The number of rotatable bonds is 4. The van der Waals surface area contributed by atoms with Crippen molar-refractivity contribution in [3.05, 3.63) is 75.1 Å². The lowest BCUT2D eigenvalue weighted by molar-refractivity contribution is -0.384. The van der Waals surface area contributed by atoms with Gasteiger partial charge in [-0.3, -0.25) is 14.9 Å². The van der Waals surface area contributed by atoms with E-state index in [2.05, 4.69) is 10.5 Å². The first-order chi connectivity index (χ1) is 11.0. The number of nitrogens with zero attached hydrogens (tertiary/aromatic N) is 3. The molecule has 0 atom stereocenters. The quantitative estimate of drug-likeness (QED) is 0.531. The van der Waals surface area contributed by atoms with Crippen LogP contribution in [0.2, 0.25) is 0 Å². The van der Waals surface area contributed by atoms with E-state index in [1.165, 1.54) is 36.5 Å². The van der Waals surface area contributed by atoms with Crippen LogP contribution in [-0.4, -0.2) is 17.0 Å².